The standard InChI is InChI=1S/C18H23O7P.2Na/c1-22-18(13-3-2-4-16(10-13)23-26(19,20)21)17(24-25-18)14-6-11-5-12(8-14)9-15(17)7-11;;/h2-4,10-12,14-15H,5-9H2,1H3,(H2,19,20,21);;. The van der Waals surface area contributed by atoms with E-state index in [1.807, 2.05) is 6.07 Å². The molecule has 2 radical (unpaired) electrons. The summed E-state index contributed by atoms with van der Waals surface area (Å²) in [7, 11) is -3.03. The smallest absolute Gasteiger partial charge is 0.404 e. The van der Waals surface area contributed by atoms with Gasteiger partial charge in [0.2, 0.25) is 0 Å². The Kier molecular flexibility index (Phi) is 6.94. The molecular formula is C18H23Na2O7P. The maximum atomic E-state index is 11.2. The van der Waals surface area contributed by atoms with Crippen molar-refractivity contribution >= 4 is 66.9 Å². The molecule has 144 valence electrons. The number of benzene rings is 1. The Morgan fingerprint density at radius 3 is 2.11 bits per heavy atom. The summed E-state index contributed by atoms with van der Waals surface area (Å²) in [5.74, 6) is 1.31. The third-order valence-corrected chi connectivity index (χ3v) is 7.34. The van der Waals surface area contributed by atoms with E-state index < -0.39 is 19.2 Å². The number of rotatable bonds is 4. The van der Waals surface area contributed by atoms with Crippen molar-refractivity contribution < 1.29 is 33.4 Å². The van der Waals surface area contributed by atoms with Crippen LogP contribution in [0.2, 0.25) is 0 Å². The first-order valence-corrected chi connectivity index (χ1v) is 10.7. The van der Waals surface area contributed by atoms with E-state index in [2.05, 4.69) is 0 Å². The first kappa shape index (κ1) is 23.7. The Bertz CT molecular complexity index is 753. The molecule has 28 heavy (non-hydrogen) atoms. The van der Waals surface area contributed by atoms with E-state index in [0.717, 1.165) is 37.5 Å². The molecule has 0 amide bonds. The van der Waals surface area contributed by atoms with Crippen LogP contribution in [0.5, 0.6) is 5.75 Å². The summed E-state index contributed by atoms with van der Waals surface area (Å²) in [6, 6.07) is 6.62. The van der Waals surface area contributed by atoms with Gasteiger partial charge in [-0.2, -0.15) is 4.89 Å². The van der Waals surface area contributed by atoms with Gasteiger partial charge in [0, 0.05) is 71.8 Å². The van der Waals surface area contributed by atoms with E-state index in [-0.39, 0.29) is 64.9 Å². The number of phosphoric ester groups is 1. The van der Waals surface area contributed by atoms with Crippen molar-refractivity contribution in [3.63, 3.8) is 0 Å². The van der Waals surface area contributed by atoms with Crippen LogP contribution < -0.4 is 4.52 Å². The van der Waals surface area contributed by atoms with E-state index in [0.29, 0.717) is 17.4 Å². The molecule has 4 aliphatic carbocycles. The van der Waals surface area contributed by atoms with Gasteiger partial charge in [-0.3, -0.25) is 9.79 Å². The molecule has 1 heterocycles. The number of hydrogen-bond acceptors (Lipinski definition) is 5. The van der Waals surface area contributed by atoms with Gasteiger partial charge in [-0.15, -0.1) is 0 Å². The number of hydrogen-bond donors (Lipinski definition) is 2. The predicted octanol–water partition coefficient (Wildman–Crippen LogP) is 2.35. The number of phosphoric acid groups is 1. The minimum atomic E-state index is -4.63. The van der Waals surface area contributed by atoms with Crippen LogP contribution in [0.3, 0.4) is 0 Å². The van der Waals surface area contributed by atoms with Gasteiger partial charge in [0.1, 0.15) is 5.75 Å². The second-order valence-electron chi connectivity index (χ2n) is 8.19. The number of ether oxygens (including phenoxy) is 1. The van der Waals surface area contributed by atoms with E-state index in [1.165, 1.54) is 12.5 Å². The maximum Gasteiger partial charge on any atom is 0.524 e. The molecular weight excluding hydrogens is 405 g/mol. The van der Waals surface area contributed by atoms with Crippen molar-refractivity contribution in [1.29, 1.82) is 0 Å². The molecule has 2 N–H and O–H groups in total. The Hall–Kier alpha value is 1.05. The van der Waals surface area contributed by atoms with Gasteiger partial charge in [-0.1, -0.05) is 12.1 Å². The summed E-state index contributed by atoms with van der Waals surface area (Å²) in [6.07, 6.45) is 5.83. The molecule has 7 nitrogen and oxygen atoms in total. The summed E-state index contributed by atoms with van der Waals surface area (Å²) < 4.78 is 21.9. The fraction of sp³-hybridized carbons (Fsp3) is 0.667. The minimum Gasteiger partial charge on any atom is -0.404 e. The summed E-state index contributed by atoms with van der Waals surface area (Å²) in [5.41, 5.74) is 0.139. The number of methoxy groups -OCH3 is 1. The van der Waals surface area contributed by atoms with Gasteiger partial charge in [-0.25, -0.2) is 9.45 Å². The molecule has 5 aliphatic rings. The quantitative estimate of drug-likeness (QED) is 0.432. The molecule has 1 aliphatic heterocycles. The average Bonchev–Trinajstić information content (AvgIpc) is 2.53. The summed E-state index contributed by atoms with van der Waals surface area (Å²) in [4.78, 5) is 29.7. The third kappa shape index (κ3) is 3.44. The zero-order chi connectivity index (χ0) is 18.2. The molecule has 0 aromatic heterocycles. The average molecular weight is 428 g/mol. The van der Waals surface area contributed by atoms with Gasteiger partial charge >= 0.3 is 7.82 Å². The normalized spacial score (nSPS) is 40.4. The van der Waals surface area contributed by atoms with Crippen molar-refractivity contribution in [2.24, 2.45) is 23.7 Å². The second kappa shape index (κ2) is 8.19. The van der Waals surface area contributed by atoms with Gasteiger partial charge in [0.15, 0.2) is 5.60 Å². The monoisotopic (exact) mass is 428 g/mol. The summed E-state index contributed by atoms with van der Waals surface area (Å²) in [5, 5.41) is 0. The molecule has 4 saturated carbocycles. The van der Waals surface area contributed by atoms with Crippen LogP contribution in [-0.4, -0.2) is 81.6 Å². The Balaban J connectivity index is 0.00000112. The first-order valence-electron chi connectivity index (χ1n) is 9.14. The van der Waals surface area contributed by atoms with Crippen molar-refractivity contribution in [2.45, 2.75) is 43.5 Å². The van der Waals surface area contributed by atoms with Crippen molar-refractivity contribution in [2.75, 3.05) is 7.11 Å². The first-order chi connectivity index (χ1) is 12.4. The molecule has 6 rings (SSSR count). The van der Waals surface area contributed by atoms with Crippen molar-refractivity contribution in [3.8, 4) is 5.75 Å². The van der Waals surface area contributed by atoms with Gasteiger partial charge in [-0.05, 0) is 67.9 Å². The van der Waals surface area contributed by atoms with Gasteiger partial charge < -0.3 is 9.26 Å². The maximum absolute atomic E-state index is 11.2. The van der Waals surface area contributed by atoms with E-state index in [9.17, 15) is 4.57 Å². The van der Waals surface area contributed by atoms with E-state index in [4.69, 9.17) is 28.8 Å². The van der Waals surface area contributed by atoms with Gasteiger partial charge in [0.25, 0.3) is 5.79 Å². The molecule has 1 aromatic carbocycles. The largest absolute Gasteiger partial charge is 0.524 e. The zero-order valence-corrected chi connectivity index (χ0v) is 21.4. The Morgan fingerprint density at radius 1 is 1.04 bits per heavy atom. The van der Waals surface area contributed by atoms with Gasteiger partial charge in [0.05, 0.1) is 0 Å². The fourth-order valence-corrected chi connectivity index (χ4v) is 6.64. The van der Waals surface area contributed by atoms with Crippen LogP contribution in [0.15, 0.2) is 24.3 Å². The summed E-state index contributed by atoms with van der Waals surface area (Å²) >= 11 is 0. The molecule has 1 unspecified atom stereocenters. The predicted molar refractivity (Wildman–Crippen MR) is 101 cm³/mol. The van der Waals surface area contributed by atoms with Crippen LogP contribution in [-0.2, 0) is 24.9 Å². The van der Waals surface area contributed by atoms with Crippen LogP contribution in [0.4, 0.5) is 0 Å². The van der Waals surface area contributed by atoms with Crippen LogP contribution in [0.1, 0.15) is 37.7 Å². The summed E-state index contributed by atoms with van der Waals surface area (Å²) in [6.45, 7) is 0. The zero-order valence-electron chi connectivity index (χ0n) is 16.5. The minimum absolute atomic E-state index is 0. The van der Waals surface area contributed by atoms with Crippen molar-refractivity contribution in [1.82, 2.24) is 0 Å². The van der Waals surface area contributed by atoms with Crippen LogP contribution in [0, 0.1) is 23.7 Å². The fourth-order valence-electron chi connectivity index (χ4n) is 6.25. The molecule has 1 atom stereocenters. The molecule has 1 aromatic rings. The third-order valence-electron chi connectivity index (χ3n) is 6.89. The van der Waals surface area contributed by atoms with Crippen LogP contribution >= 0.6 is 7.82 Å². The SMILES string of the molecule is COC1(c2cccc(OP(=O)(O)O)c2)OOC12C1CC3CC(C1)CC2C3.[Na].[Na]. The molecule has 5 fully saturated rings. The van der Waals surface area contributed by atoms with Crippen molar-refractivity contribution in [3.05, 3.63) is 29.8 Å². The molecule has 4 bridgehead atoms. The van der Waals surface area contributed by atoms with Crippen LogP contribution in [0.25, 0.3) is 0 Å². The molecule has 1 saturated heterocycles. The van der Waals surface area contributed by atoms with E-state index in [1.54, 1.807) is 19.2 Å². The Morgan fingerprint density at radius 2 is 1.64 bits per heavy atom. The van der Waals surface area contributed by atoms with E-state index >= 15 is 0 Å². The Labute approximate surface area is 208 Å². The second-order valence-corrected chi connectivity index (χ2v) is 9.36. The topological polar surface area (TPSA) is 94.5 Å². The molecule has 10 heteroatoms. The molecule has 1 spiro atoms.